The van der Waals surface area contributed by atoms with E-state index in [1.807, 2.05) is 43.3 Å². The van der Waals surface area contributed by atoms with Gasteiger partial charge in [0.25, 0.3) is 5.56 Å². The lowest BCUT2D eigenvalue weighted by Gasteiger charge is -2.09. The Balaban J connectivity index is 1.71. The molecule has 0 amide bonds. The molecule has 0 aliphatic heterocycles. The van der Waals surface area contributed by atoms with E-state index in [9.17, 15) is 9.59 Å². The van der Waals surface area contributed by atoms with Crippen LogP contribution < -0.4 is 5.56 Å². The molecule has 6 heteroatoms. The number of pyridine rings is 1. The summed E-state index contributed by atoms with van der Waals surface area (Å²) in [4.78, 5) is 29.3. The highest BCUT2D eigenvalue weighted by molar-refractivity contribution is 5.94. The fourth-order valence-corrected chi connectivity index (χ4v) is 3.78. The van der Waals surface area contributed by atoms with E-state index in [-0.39, 0.29) is 11.3 Å². The summed E-state index contributed by atoms with van der Waals surface area (Å²) in [6.45, 7) is 3.46. The molecule has 6 nitrogen and oxygen atoms in total. The fourth-order valence-electron chi connectivity index (χ4n) is 3.78. The molecule has 3 aromatic heterocycles. The highest BCUT2D eigenvalue weighted by atomic mass is 16.1. The van der Waals surface area contributed by atoms with Crippen LogP contribution in [0.3, 0.4) is 0 Å². The minimum absolute atomic E-state index is 0.0118. The second-order valence-electron chi connectivity index (χ2n) is 7.21. The molecule has 0 aliphatic rings. The van der Waals surface area contributed by atoms with Crippen LogP contribution in [0.5, 0.6) is 0 Å². The van der Waals surface area contributed by atoms with Gasteiger partial charge in [-0.15, -0.1) is 0 Å². The number of aryl methyl sites for hydroxylation is 1. The molecule has 2 aromatic carbocycles. The number of rotatable bonds is 3. The average molecular weight is 394 g/mol. The van der Waals surface area contributed by atoms with Gasteiger partial charge in [0.2, 0.25) is 0 Å². The summed E-state index contributed by atoms with van der Waals surface area (Å²) in [5, 5.41) is 5.14. The Morgan fingerprint density at radius 1 is 0.967 bits per heavy atom. The molecule has 0 saturated carbocycles. The maximum Gasteiger partial charge on any atom is 0.266 e. The first kappa shape index (κ1) is 18.0. The third-order valence-corrected chi connectivity index (χ3v) is 5.30. The molecule has 30 heavy (non-hydrogen) atoms. The van der Waals surface area contributed by atoms with Gasteiger partial charge >= 0.3 is 0 Å². The lowest BCUT2D eigenvalue weighted by Crippen LogP contribution is -2.19. The summed E-state index contributed by atoms with van der Waals surface area (Å²) in [6.07, 6.45) is 3.34. The van der Waals surface area contributed by atoms with Crippen LogP contribution in [0.15, 0.2) is 77.9 Å². The van der Waals surface area contributed by atoms with Gasteiger partial charge in [-0.1, -0.05) is 30.3 Å². The van der Waals surface area contributed by atoms with Crippen LogP contribution in [0.4, 0.5) is 0 Å². The predicted molar refractivity (Wildman–Crippen MR) is 116 cm³/mol. The number of Topliss-reactive ketones (excluding diaryl/α,β-unsaturated/α-hetero) is 1. The number of carbonyl (C=O) groups excluding carboxylic acids is 1. The van der Waals surface area contributed by atoms with Gasteiger partial charge in [-0.25, -0.2) is 9.50 Å². The first-order chi connectivity index (χ1) is 14.5. The molecule has 0 N–H and O–H groups in total. The van der Waals surface area contributed by atoms with Crippen molar-refractivity contribution in [2.24, 2.45) is 0 Å². The largest absolute Gasteiger partial charge is 0.295 e. The van der Waals surface area contributed by atoms with Gasteiger partial charge < -0.3 is 0 Å². The van der Waals surface area contributed by atoms with Gasteiger partial charge in [-0.05, 0) is 49.7 Å². The minimum Gasteiger partial charge on any atom is -0.295 e. The fraction of sp³-hybridized carbons (Fsp3) is 0.0833. The number of benzene rings is 2. The second-order valence-corrected chi connectivity index (χ2v) is 7.21. The van der Waals surface area contributed by atoms with Crippen LogP contribution in [0, 0.1) is 6.92 Å². The summed E-state index contributed by atoms with van der Waals surface area (Å²) in [5.74, 6) is -0.0118. The zero-order valence-corrected chi connectivity index (χ0v) is 16.5. The third-order valence-electron chi connectivity index (χ3n) is 5.30. The van der Waals surface area contributed by atoms with Crippen LogP contribution in [0.25, 0.3) is 33.4 Å². The van der Waals surface area contributed by atoms with Crippen molar-refractivity contribution in [1.82, 2.24) is 19.2 Å². The number of carbonyl (C=O) groups is 1. The van der Waals surface area contributed by atoms with E-state index >= 15 is 0 Å². The molecule has 5 rings (SSSR count). The summed E-state index contributed by atoms with van der Waals surface area (Å²) >= 11 is 0. The van der Waals surface area contributed by atoms with Crippen molar-refractivity contribution < 1.29 is 4.79 Å². The highest BCUT2D eigenvalue weighted by Crippen LogP contribution is 2.28. The predicted octanol–water partition coefficient (Wildman–Crippen LogP) is 4.21. The molecule has 3 heterocycles. The first-order valence-electron chi connectivity index (χ1n) is 9.61. The van der Waals surface area contributed by atoms with Gasteiger partial charge in [0.05, 0.1) is 16.6 Å². The van der Waals surface area contributed by atoms with Crippen molar-refractivity contribution in [2.75, 3.05) is 0 Å². The van der Waals surface area contributed by atoms with Crippen molar-refractivity contribution in [3.63, 3.8) is 0 Å². The van der Waals surface area contributed by atoms with Crippen LogP contribution in [0.2, 0.25) is 0 Å². The normalized spacial score (nSPS) is 11.3. The smallest absolute Gasteiger partial charge is 0.266 e. The van der Waals surface area contributed by atoms with Crippen LogP contribution in [-0.2, 0) is 0 Å². The Kier molecular flexibility index (Phi) is 4.06. The maximum atomic E-state index is 13.2. The number of hydrogen-bond donors (Lipinski definition) is 0. The number of fused-ring (bicyclic) bond motifs is 3. The summed E-state index contributed by atoms with van der Waals surface area (Å²) in [5.41, 5.74) is 5.38. The molecule has 146 valence electrons. The van der Waals surface area contributed by atoms with Crippen molar-refractivity contribution >= 4 is 22.3 Å². The van der Waals surface area contributed by atoms with E-state index in [0.29, 0.717) is 27.8 Å². The first-order valence-corrected chi connectivity index (χ1v) is 9.61. The van der Waals surface area contributed by atoms with Gasteiger partial charge in [0.15, 0.2) is 11.4 Å². The lowest BCUT2D eigenvalue weighted by molar-refractivity contribution is 0.101. The molecule has 0 fully saturated rings. The molecule has 0 aliphatic carbocycles. The summed E-state index contributed by atoms with van der Waals surface area (Å²) in [7, 11) is 0. The third kappa shape index (κ3) is 2.73. The van der Waals surface area contributed by atoms with Crippen LogP contribution in [-0.4, -0.2) is 24.9 Å². The Labute approximate surface area is 172 Å². The maximum absolute atomic E-state index is 13.2. The molecular weight excluding hydrogens is 376 g/mol. The van der Waals surface area contributed by atoms with Crippen molar-refractivity contribution in [2.45, 2.75) is 13.8 Å². The van der Waals surface area contributed by atoms with Crippen molar-refractivity contribution in [1.29, 1.82) is 0 Å². The van der Waals surface area contributed by atoms with E-state index in [2.05, 4.69) is 10.1 Å². The zero-order valence-electron chi connectivity index (χ0n) is 16.5. The Morgan fingerprint density at radius 2 is 1.70 bits per heavy atom. The van der Waals surface area contributed by atoms with Gasteiger partial charge in [0.1, 0.15) is 0 Å². The molecule has 0 spiro atoms. The molecule has 5 aromatic rings. The summed E-state index contributed by atoms with van der Waals surface area (Å²) in [6, 6.07) is 18.8. The second kappa shape index (κ2) is 6.77. The van der Waals surface area contributed by atoms with E-state index in [0.717, 1.165) is 16.8 Å². The van der Waals surface area contributed by atoms with E-state index < -0.39 is 0 Å². The van der Waals surface area contributed by atoms with Gasteiger partial charge in [-0.2, -0.15) is 5.10 Å². The van der Waals surface area contributed by atoms with E-state index in [1.54, 1.807) is 45.7 Å². The lowest BCUT2D eigenvalue weighted by atomic mass is 10.1. The number of hydrogen-bond acceptors (Lipinski definition) is 4. The Hall–Kier alpha value is -4.06. The van der Waals surface area contributed by atoms with Gasteiger partial charge in [0, 0.05) is 29.2 Å². The van der Waals surface area contributed by atoms with E-state index in [1.165, 1.54) is 6.92 Å². The molecule has 0 saturated heterocycles. The molecule has 0 atom stereocenters. The molecular formula is C24H18N4O2. The van der Waals surface area contributed by atoms with Crippen molar-refractivity contribution in [3.05, 3.63) is 94.7 Å². The van der Waals surface area contributed by atoms with E-state index in [4.69, 9.17) is 0 Å². The molecule has 0 radical (unpaired) electrons. The number of ketones is 1. The zero-order chi connectivity index (χ0) is 20.8. The Morgan fingerprint density at radius 3 is 2.40 bits per heavy atom. The van der Waals surface area contributed by atoms with Crippen LogP contribution >= 0.6 is 0 Å². The SMILES string of the molecule is CC(=O)c1ccc(-n2ccc3c(cnc4c(-c5ccccc5)c(C)nn43)c2=O)cc1. The Bertz CT molecular complexity index is 1480. The number of aromatic nitrogens is 4. The highest BCUT2D eigenvalue weighted by Gasteiger charge is 2.16. The molecule has 0 unspecified atom stereocenters. The average Bonchev–Trinajstić information content (AvgIpc) is 3.11. The van der Waals surface area contributed by atoms with Gasteiger partial charge in [-0.3, -0.25) is 14.2 Å². The topological polar surface area (TPSA) is 69.3 Å². The monoisotopic (exact) mass is 394 g/mol. The van der Waals surface area contributed by atoms with Crippen LogP contribution in [0.1, 0.15) is 23.0 Å². The minimum atomic E-state index is -0.188. The quantitative estimate of drug-likeness (QED) is 0.430. The molecule has 0 bridgehead atoms. The standard InChI is InChI=1S/C24H18N4O2/c1-15-22(18-6-4-3-5-7-18)23-25-14-20-21(28(23)26-15)12-13-27(24(20)30)19-10-8-17(9-11-19)16(2)29/h3-14H,1-2H3. The summed E-state index contributed by atoms with van der Waals surface area (Å²) < 4.78 is 3.28. The number of nitrogens with zero attached hydrogens (tertiary/aromatic N) is 4. The van der Waals surface area contributed by atoms with Crippen molar-refractivity contribution in [3.8, 4) is 16.8 Å².